The fraction of sp³-hybridized carbons (Fsp3) is 0.200. The normalized spacial score (nSPS) is 19.9. The molecule has 1 aliphatic heterocycles. The Morgan fingerprint density at radius 1 is 1.11 bits per heavy atom. The molecule has 1 aliphatic rings. The molecule has 1 atom stereocenters. The molecule has 3 nitrogen and oxygen atoms in total. The van der Waals surface area contributed by atoms with Crippen LogP contribution in [-0.2, 0) is 9.84 Å². The largest absolute Gasteiger partial charge is 0.377 e. The molecule has 0 bridgehead atoms. The minimum Gasteiger partial charge on any atom is -0.377 e. The molecular formula is C15H15NO2S. The number of sulfone groups is 1. The number of hydrogen-bond donors (Lipinski definition) is 1. The zero-order valence-corrected chi connectivity index (χ0v) is 11.4. The predicted molar refractivity (Wildman–Crippen MR) is 76.0 cm³/mol. The molecule has 0 saturated carbocycles. The molecule has 1 N–H and O–H groups in total. The molecule has 0 spiro atoms. The van der Waals surface area contributed by atoms with Gasteiger partial charge < -0.3 is 5.32 Å². The first-order chi connectivity index (χ1) is 9.06. The Kier molecular flexibility index (Phi) is 2.82. The van der Waals surface area contributed by atoms with Gasteiger partial charge in [0.1, 0.15) is 0 Å². The van der Waals surface area contributed by atoms with Crippen LogP contribution in [0.1, 0.15) is 17.2 Å². The van der Waals surface area contributed by atoms with Crippen LogP contribution in [0, 0.1) is 6.92 Å². The highest BCUT2D eigenvalue weighted by Gasteiger charge is 2.34. The summed E-state index contributed by atoms with van der Waals surface area (Å²) in [7, 11) is -3.15. The average Bonchev–Trinajstić information content (AvgIpc) is 2.62. The summed E-state index contributed by atoms with van der Waals surface area (Å²) < 4.78 is 24.2. The molecule has 3 rings (SSSR count). The molecule has 0 aromatic heterocycles. The van der Waals surface area contributed by atoms with E-state index in [-0.39, 0.29) is 11.8 Å². The molecule has 1 unspecified atom stereocenters. The molecule has 0 radical (unpaired) electrons. The highest BCUT2D eigenvalue weighted by molar-refractivity contribution is 7.91. The third-order valence-electron chi connectivity index (χ3n) is 3.37. The van der Waals surface area contributed by atoms with E-state index in [0.717, 1.165) is 16.8 Å². The zero-order valence-electron chi connectivity index (χ0n) is 10.6. The van der Waals surface area contributed by atoms with Crippen molar-refractivity contribution >= 4 is 15.5 Å². The second kappa shape index (κ2) is 4.38. The van der Waals surface area contributed by atoms with Crippen molar-refractivity contribution in [3.8, 4) is 0 Å². The lowest BCUT2D eigenvalue weighted by Crippen LogP contribution is -2.12. The standard InChI is InChI=1S/C15H15NO2S/c1-11-5-4-6-12(9-11)16-14-10-19(17,18)15-8-3-2-7-13(14)15/h2-9,14,16H,10H2,1H3. The van der Waals surface area contributed by atoms with E-state index in [0.29, 0.717) is 4.90 Å². The first-order valence-electron chi connectivity index (χ1n) is 6.21. The fourth-order valence-corrected chi connectivity index (χ4v) is 4.24. The van der Waals surface area contributed by atoms with Crippen LogP contribution < -0.4 is 5.32 Å². The third-order valence-corrected chi connectivity index (χ3v) is 5.19. The smallest absolute Gasteiger partial charge is 0.181 e. The van der Waals surface area contributed by atoms with Crippen molar-refractivity contribution < 1.29 is 8.42 Å². The van der Waals surface area contributed by atoms with Crippen molar-refractivity contribution in [2.75, 3.05) is 11.1 Å². The monoisotopic (exact) mass is 273 g/mol. The van der Waals surface area contributed by atoms with Gasteiger partial charge in [-0.15, -0.1) is 0 Å². The van der Waals surface area contributed by atoms with E-state index in [2.05, 4.69) is 5.32 Å². The van der Waals surface area contributed by atoms with Crippen LogP contribution in [0.2, 0.25) is 0 Å². The zero-order chi connectivity index (χ0) is 13.5. The summed E-state index contributed by atoms with van der Waals surface area (Å²) in [5, 5.41) is 3.31. The van der Waals surface area contributed by atoms with Gasteiger partial charge in [-0.2, -0.15) is 0 Å². The Bertz CT molecular complexity index is 722. The van der Waals surface area contributed by atoms with Gasteiger partial charge in [0.05, 0.1) is 16.7 Å². The van der Waals surface area contributed by atoms with Gasteiger partial charge in [0.25, 0.3) is 0 Å². The summed E-state index contributed by atoms with van der Waals surface area (Å²) in [6.07, 6.45) is 0. The molecule has 0 amide bonds. The van der Waals surface area contributed by atoms with E-state index in [9.17, 15) is 8.42 Å². The van der Waals surface area contributed by atoms with E-state index in [1.54, 1.807) is 12.1 Å². The second-order valence-corrected chi connectivity index (χ2v) is 6.89. The molecule has 0 fully saturated rings. The van der Waals surface area contributed by atoms with Crippen LogP contribution in [-0.4, -0.2) is 14.2 Å². The van der Waals surface area contributed by atoms with Crippen LogP contribution in [0.15, 0.2) is 53.4 Å². The van der Waals surface area contributed by atoms with Crippen molar-refractivity contribution in [3.63, 3.8) is 0 Å². The highest BCUT2D eigenvalue weighted by Crippen LogP contribution is 2.35. The molecule has 4 heteroatoms. The minimum atomic E-state index is -3.15. The molecule has 2 aromatic carbocycles. The summed E-state index contributed by atoms with van der Waals surface area (Å²) >= 11 is 0. The summed E-state index contributed by atoms with van der Waals surface area (Å²) in [5.41, 5.74) is 2.97. The van der Waals surface area contributed by atoms with Crippen LogP contribution in [0.3, 0.4) is 0 Å². The number of hydrogen-bond acceptors (Lipinski definition) is 3. The molecule has 2 aromatic rings. The van der Waals surface area contributed by atoms with Crippen molar-refractivity contribution in [1.82, 2.24) is 0 Å². The van der Waals surface area contributed by atoms with E-state index in [1.807, 2.05) is 43.3 Å². The molecule has 98 valence electrons. The highest BCUT2D eigenvalue weighted by atomic mass is 32.2. The summed E-state index contributed by atoms with van der Waals surface area (Å²) in [5.74, 6) is 0.125. The van der Waals surface area contributed by atoms with E-state index < -0.39 is 9.84 Å². The number of rotatable bonds is 2. The van der Waals surface area contributed by atoms with Gasteiger partial charge in [-0.1, -0.05) is 30.3 Å². The van der Waals surface area contributed by atoms with Crippen LogP contribution in [0.4, 0.5) is 5.69 Å². The van der Waals surface area contributed by atoms with Crippen LogP contribution in [0.25, 0.3) is 0 Å². The molecule has 0 saturated heterocycles. The Labute approximate surface area is 113 Å². The Morgan fingerprint density at radius 2 is 1.89 bits per heavy atom. The predicted octanol–water partition coefficient (Wildman–Crippen LogP) is 2.94. The maximum atomic E-state index is 12.1. The van der Waals surface area contributed by atoms with Crippen molar-refractivity contribution in [2.45, 2.75) is 17.9 Å². The minimum absolute atomic E-state index is 0.125. The number of fused-ring (bicyclic) bond motifs is 1. The van der Waals surface area contributed by atoms with Crippen molar-refractivity contribution in [3.05, 3.63) is 59.7 Å². The van der Waals surface area contributed by atoms with Crippen molar-refractivity contribution in [2.24, 2.45) is 0 Å². The van der Waals surface area contributed by atoms with E-state index in [1.165, 1.54) is 0 Å². The summed E-state index contributed by atoms with van der Waals surface area (Å²) in [4.78, 5) is 0.458. The van der Waals surface area contributed by atoms with Gasteiger partial charge in [0.2, 0.25) is 0 Å². The van der Waals surface area contributed by atoms with Gasteiger partial charge in [0.15, 0.2) is 9.84 Å². The fourth-order valence-electron chi connectivity index (χ4n) is 2.51. The van der Waals surface area contributed by atoms with Crippen LogP contribution >= 0.6 is 0 Å². The summed E-state index contributed by atoms with van der Waals surface area (Å²) in [6.45, 7) is 2.02. The van der Waals surface area contributed by atoms with E-state index in [4.69, 9.17) is 0 Å². The second-order valence-electron chi connectivity index (χ2n) is 4.89. The first-order valence-corrected chi connectivity index (χ1v) is 7.86. The summed E-state index contributed by atoms with van der Waals surface area (Å²) in [6, 6.07) is 15.0. The lowest BCUT2D eigenvalue weighted by Gasteiger charge is -2.14. The first kappa shape index (κ1) is 12.2. The van der Waals surface area contributed by atoms with Gasteiger partial charge in [-0.05, 0) is 36.2 Å². The number of anilines is 1. The van der Waals surface area contributed by atoms with Gasteiger partial charge >= 0.3 is 0 Å². The Morgan fingerprint density at radius 3 is 2.68 bits per heavy atom. The van der Waals surface area contributed by atoms with Crippen LogP contribution in [0.5, 0.6) is 0 Å². The van der Waals surface area contributed by atoms with E-state index >= 15 is 0 Å². The molecule has 0 aliphatic carbocycles. The molecule has 19 heavy (non-hydrogen) atoms. The lowest BCUT2D eigenvalue weighted by molar-refractivity contribution is 0.598. The number of aryl methyl sites for hydroxylation is 1. The van der Waals surface area contributed by atoms with Gasteiger partial charge in [-0.25, -0.2) is 8.42 Å². The quantitative estimate of drug-likeness (QED) is 0.915. The molecular weight excluding hydrogens is 258 g/mol. The van der Waals surface area contributed by atoms with Crippen molar-refractivity contribution in [1.29, 1.82) is 0 Å². The topological polar surface area (TPSA) is 46.2 Å². The molecule has 1 heterocycles. The Hall–Kier alpha value is -1.81. The average molecular weight is 273 g/mol. The third kappa shape index (κ3) is 2.24. The number of nitrogens with one attached hydrogen (secondary N) is 1. The van der Waals surface area contributed by atoms with Gasteiger partial charge in [-0.3, -0.25) is 0 Å². The SMILES string of the molecule is Cc1cccc(NC2CS(=O)(=O)c3ccccc32)c1. The maximum absolute atomic E-state index is 12.1. The Balaban J connectivity index is 1.96. The lowest BCUT2D eigenvalue weighted by atomic mass is 10.1. The number of benzene rings is 2. The van der Waals surface area contributed by atoms with Gasteiger partial charge in [0, 0.05) is 5.69 Å². The maximum Gasteiger partial charge on any atom is 0.181 e.